The largest absolute Gasteiger partial charge is 0.456 e. The molecule has 0 N–H and O–H groups in total. The van der Waals surface area contributed by atoms with Crippen LogP contribution in [0.5, 0.6) is 0 Å². The van der Waals surface area contributed by atoms with Gasteiger partial charge in [0, 0.05) is 38.9 Å². The van der Waals surface area contributed by atoms with Crippen LogP contribution in [0.1, 0.15) is 25.0 Å². The van der Waals surface area contributed by atoms with Crippen LogP contribution in [0.2, 0.25) is 0 Å². The molecule has 0 unspecified atom stereocenters. The van der Waals surface area contributed by atoms with Crippen molar-refractivity contribution in [2.75, 3.05) is 4.90 Å². The number of fused-ring (bicyclic) bond motifs is 8. The van der Waals surface area contributed by atoms with Gasteiger partial charge in [0.15, 0.2) is 0 Å². The molecule has 0 bridgehead atoms. The van der Waals surface area contributed by atoms with Gasteiger partial charge in [-0.1, -0.05) is 111 Å². The Morgan fingerprint density at radius 1 is 0.489 bits per heavy atom. The summed E-state index contributed by atoms with van der Waals surface area (Å²) < 4.78 is 6.42. The van der Waals surface area contributed by atoms with Crippen LogP contribution >= 0.6 is 0 Å². The van der Waals surface area contributed by atoms with E-state index in [0.29, 0.717) is 0 Å². The Bertz CT molecular complexity index is 2530. The van der Waals surface area contributed by atoms with E-state index in [0.717, 1.165) is 33.3 Å². The van der Waals surface area contributed by atoms with Gasteiger partial charge in [-0.2, -0.15) is 0 Å². The Balaban J connectivity index is 1.20. The summed E-state index contributed by atoms with van der Waals surface area (Å²) in [6.07, 6.45) is 0. The Hall–Kier alpha value is -5.60. The van der Waals surface area contributed by atoms with Crippen molar-refractivity contribution < 1.29 is 4.42 Å². The predicted molar refractivity (Wildman–Crippen MR) is 188 cm³/mol. The highest BCUT2D eigenvalue weighted by Crippen LogP contribution is 2.53. The molecule has 7 aromatic carbocycles. The molecular formula is C43H29NO. The van der Waals surface area contributed by atoms with Crippen molar-refractivity contribution >= 4 is 49.8 Å². The summed E-state index contributed by atoms with van der Waals surface area (Å²) in [5.74, 6) is 0. The number of hydrogen-bond acceptors (Lipinski definition) is 2. The molecule has 2 nitrogen and oxygen atoms in total. The maximum atomic E-state index is 6.42. The number of benzene rings is 7. The summed E-state index contributed by atoms with van der Waals surface area (Å²) >= 11 is 0. The van der Waals surface area contributed by atoms with Gasteiger partial charge in [-0.3, -0.25) is 0 Å². The molecule has 0 radical (unpaired) electrons. The molecule has 45 heavy (non-hydrogen) atoms. The maximum Gasteiger partial charge on any atom is 0.137 e. The number of anilines is 3. The van der Waals surface area contributed by atoms with Crippen molar-refractivity contribution in [3.63, 3.8) is 0 Å². The molecule has 1 aliphatic carbocycles. The van der Waals surface area contributed by atoms with Crippen molar-refractivity contribution in [2.45, 2.75) is 19.3 Å². The van der Waals surface area contributed by atoms with E-state index in [1.807, 2.05) is 6.07 Å². The Labute approximate surface area is 261 Å². The van der Waals surface area contributed by atoms with Crippen LogP contribution in [0.3, 0.4) is 0 Å². The third-order valence-corrected chi connectivity index (χ3v) is 10.2. The summed E-state index contributed by atoms with van der Waals surface area (Å²) in [5, 5.41) is 4.82. The fourth-order valence-electron chi connectivity index (χ4n) is 8.03. The summed E-state index contributed by atoms with van der Waals surface area (Å²) in [6, 6.07) is 51.1. The first-order chi connectivity index (χ1) is 22.1. The van der Waals surface area contributed by atoms with Crippen LogP contribution in [0.15, 0.2) is 144 Å². The van der Waals surface area contributed by atoms with E-state index in [1.54, 1.807) is 0 Å². The van der Waals surface area contributed by atoms with Gasteiger partial charge in [0.25, 0.3) is 0 Å². The van der Waals surface area contributed by atoms with Crippen molar-refractivity contribution in [1.82, 2.24) is 0 Å². The monoisotopic (exact) mass is 575 g/mol. The molecule has 8 aromatic rings. The van der Waals surface area contributed by atoms with Crippen LogP contribution in [0.25, 0.3) is 66.1 Å². The molecule has 0 saturated heterocycles. The Morgan fingerprint density at radius 2 is 1.24 bits per heavy atom. The van der Waals surface area contributed by atoms with Gasteiger partial charge >= 0.3 is 0 Å². The molecule has 0 amide bonds. The number of furan rings is 1. The van der Waals surface area contributed by atoms with Crippen LogP contribution in [-0.2, 0) is 5.41 Å². The quantitative estimate of drug-likeness (QED) is 0.204. The maximum absolute atomic E-state index is 6.42. The third-order valence-electron chi connectivity index (χ3n) is 10.2. The van der Waals surface area contributed by atoms with Crippen LogP contribution in [0, 0.1) is 0 Å². The lowest BCUT2D eigenvalue weighted by molar-refractivity contribution is 0.660. The molecule has 1 aliphatic heterocycles. The minimum atomic E-state index is -0.00210. The molecule has 212 valence electrons. The highest BCUT2D eigenvalue weighted by atomic mass is 16.3. The van der Waals surface area contributed by atoms with Gasteiger partial charge in [0.1, 0.15) is 11.2 Å². The van der Waals surface area contributed by atoms with E-state index in [4.69, 9.17) is 4.42 Å². The van der Waals surface area contributed by atoms with E-state index in [1.165, 1.54) is 61.0 Å². The Morgan fingerprint density at radius 3 is 2.18 bits per heavy atom. The van der Waals surface area contributed by atoms with Gasteiger partial charge in [-0.15, -0.1) is 0 Å². The Kier molecular flexibility index (Phi) is 4.82. The van der Waals surface area contributed by atoms with Gasteiger partial charge in [0.05, 0.1) is 11.4 Å². The molecule has 2 heterocycles. The van der Waals surface area contributed by atoms with E-state index in [9.17, 15) is 0 Å². The molecule has 0 fully saturated rings. The van der Waals surface area contributed by atoms with Crippen molar-refractivity contribution in [3.8, 4) is 33.4 Å². The fourth-order valence-corrected chi connectivity index (χ4v) is 8.03. The fraction of sp³-hybridized carbons (Fsp3) is 0.0698. The molecule has 2 heteroatoms. The van der Waals surface area contributed by atoms with Crippen molar-refractivity contribution in [3.05, 3.63) is 151 Å². The summed E-state index contributed by atoms with van der Waals surface area (Å²) in [6.45, 7) is 4.67. The van der Waals surface area contributed by atoms with Gasteiger partial charge < -0.3 is 9.32 Å². The minimum absolute atomic E-state index is 0.00210. The first-order valence-corrected chi connectivity index (χ1v) is 15.7. The zero-order chi connectivity index (χ0) is 29.9. The average Bonchev–Trinajstić information content (AvgIpc) is 3.55. The first kappa shape index (κ1) is 24.8. The lowest BCUT2D eigenvalue weighted by atomic mass is 9.82. The number of nitrogens with zero attached hydrogens (tertiary/aromatic N) is 1. The normalized spacial score (nSPS) is 14.1. The van der Waals surface area contributed by atoms with Crippen molar-refractivity contribution in [2.24, 2.45) is 0 Å². The molecule has 2 aliphatic rings. The van der Waals surface area contributed by atoms with E-state index in [-0.39, 0.29) is 5.41 Å². The predicted octanol–water partition coefficient (Wildman–Crippen LogP) is 12.2. The topological polar surface area (TPSA) is 16.4 Å². The lowest BCUT2D eigenvalue weighted by Gasteiger charge is -2.33. The van der Waals surface area contributed by atoms with Gasteiger partial charge in [-0.05, 0) is 80.7 Å². The second-order valence-corrected chi connectivity index (χ2v) is 13.0. The molecule has 0 saturated carbocycles. The zero-order valence-corrected chi connectivity index (χ0v) is 25.1. The first-order valence-electron chi connectivity index (χ1n) is 15.7. The minimum Gasteiger partial charge on any atom is -0.456 e. The lowest BCUT2D eigenvalue weighted by Crippen LogP contribution is -2.15. The second kappa shape index (κ2) is 8.74. The highest BCUT2D eigenvalue weighted by molar-refractivity contribution is 6.17. The van der Waals surface area contributed by atoms with Crippen LogP contribution in [0.4, 0.5) is 17.1 Å². The number of hydrogen-bond donors (Lipinski definition) is 0. The van der Waals surface area contributed by atoms with Crippen LogP contribution in [-0.4, -0.2) is 0 Å². The highest BCUT2D eigenvalue weighted by Gasteiger charge is 2.35. The summed E-state index contributed by atoms with van der Waals surface area (Å²) in [5.41, 5.74) is 15.7. The number of rotatable bonds is 2. The zero-order valence-electron chi connectivity index (χ0n) is 25.1. The van der Waals surface area contributed by atoms with Crippen molar-refractivity contribution in [1.29, 1.82) is 0 Å². The molecular weight excluding hydrogens is 546 g/mol. The molecule has 0 atom stereocenters. The molecule has 10 rings (SSSR count). The van der Waals surface area contributed by atoms with E-state index in [2.05, 4.69) is 152 Å². The van der Waals surface area contributed by atoms with E-state index >= 15 is 0 Å². The second-order valence-electron chi connectivity index (χ2n) is 13.0. The SMILES string of the molecule is CC1(C)c2ccccc2-c2cc(-c3cccc(N4c5cc6oc7ccccc7c6cc5-c5cccc6cccc4c56)c3)ccc21. The summed E-state index contributed by atoms with van der Waals surface area (Å²) in [7, 11) is 0. The van der Waals surface area contributed by atoms with Crippen LogP contribution < -0.4 is 4.90 Å². The smallest absolute Gasteiger partial charge is 0.137 e. The van der Waals surface area contributed by atoms with E-state index < -0.39 is 0 Å². The van der Waals surface area contributed by atoms with Gasteiger partial charge in [-0.25, -0.2) is 0 Å². The average molecular weight is 576 g/mol. The molecule has 1 aromatic heterocycles. The summed E-state index contributed by atoms with van der Waals surface area (Å²) in [4.78, 5) is 2.42. The third kappa shape index (κ3) is 3.34. The van der Waals surface area contributed by atoms with Gasteiger partial charge in [0.2, 0.25) is 0 Å². The standard InChI is InChI=1S/C43H29NO/c1-43(2)36-17-5-3-14-30(36)33-23-28(20-21-37(33)43)27-12-7-13-29(22-27)44-38-18-9-11-26-10-8-16-32(42(26)38)34-24-35-31-15-4-6-19-40(31)45-41(35)25-39(34)44/h3-25H,1-2H3. The number of para-hydroxylation sites is 1. The molecule has 0 spiro atoms.